The van der Waals surface area contributed by atoms with Crippen molar-refractivity contribution in [3.63, 3.8) is 0 Å². The molecule has 0 unspecified atom stereocenters. The number of carbonyl (C=O) groups is 2. The second kappa shape index (κ2) is 7.82. The molecule has 5 rings (SSSR count). The highest BCUT2D eigenvalue weighted by Gasteiger charge is 2.44. The fourth-order valence-electron chi connectivity index (χ4n) is 4.78. The molecule has 1 spiro atoms. The van der Waals surface area contributed by atoms with E-state index >= 15 is 0 Å². The van der Waals surface area contributed by atoms with Gasteiger partial charge in [-0.25, -0.2) is 0 Å². The minimum Gasteiger partial charge on any atom is -0.487 e. The minimum atomic E-state index is -0.324. The van der Waals surface area contributed by atoms with Crippen molar-refractivity contribution < 1.29 is 18.7 Å². The van der Waals surface area contributed by atoms with Gasteiger partial charge in [-0.15, -0.1) is 0 Å². The summed E-state index contributed by atoms with van der Waals surface area (Å²) in [6.45, 7) is 2.06. The van der Waals surface area contributed by atoms with Gasteiger partial charge in [-0.3, -0.25) is 9.59 Å². The molecule has 0 bridgehead atoms. The van der Waals surface area contributed by atoms with Crippen LogP contribution in [0.3, 0.4) is 0 Å². The minimum absolute atomic E-state index is 0.0675. The molecule has 6 heteroatoms. The first-order chi connectivity index (χ1) is 14.6. The summed E-state index contributed by atoms with van der Waals surface area (Å²) in [6.07, 6.45) is 6.81. The van der Waals surface area contributed by atoms with E-state index in [1.165, 1.54) is 19.1 Å². The van der Waals surface area contributed by atoms with E-state index < -0.39 is 0 Å². The summed E-state index contributed by atoms with van der Waals surface area (Å²) < 4.78 is 11.8. The average molecular weight is 408 g/mol. The van der Waals surface area contributed by atoms with Gasteiger partial charge in [0.15, 0.2) is 5.76 Å². The van der Waals surface area contributed by atoms with Crippen LogP contribution < -0.4 is 10.1 Å². The van der Waals surface area contributed by atoms with Crippen LogP contribution in [0.15, 0.2) is 47.1 Å². The van der Waals surface area contributed by atoms with Crippen LogP contribution in [0.2, 0.25) is 0 Å². The van der Waals surface area contributed by atoms with Crippen LogP contribution in [0.4, 0.5) is 0 Å². The van der Waals surface area contributed by atoms with Gasteiger partial charge in [0.25, 0.3) is 5.91 Å². The zero-order valence-corrected chi connectivity index (χ0v) is 17.1. The number of likely N-dealkylation sites (tertiary alicyclic amines) is 1. The number of amides is 2. The Bertz CT molecular complexity index is 911. The van der Waals surface area contributed by atoms with Gasteiger partial charge in [0.1, 0.15) is 11.4 Å². The average Bonchev–Trinajstić information content (AvgIpc) is 3.43. The number of nitrogens with one attached hydrogen (secondary N) is 1. The molecule has 1 atom stereocenters. The number of hydrogen-bond acceptors (Lipinski definition) is 4. The maximum atomic E-state index is 12.6. The molecule has 3 aliphatic rings. The van der Waals surface area contributed by atoms with Crippen LogP contribution in [-0.2, 0) is 4.79 Å². The summed E-state index contributed by atoms with van der Waals surface area (Å²) >= 11 is 0. The van der Waals surface area contributed by atoms with E-state index in [9.17, 15) is 9.59 Å². The van der Waals surface area contributed by atoms with Crippen LogP contribution in [-0.4, -0.2) is 41.9 Å². The fraction of sp³-hybridized carbons (Fsp3) is 0.500. The first-order valence-electron chi connectivity index (χ1n) is 11.0. The zero-order chi connectivity index (χ0) is 20.6. The molecule has 1 aliphatic carbocycles. The molecule has 2 aliphatic heterocycles. The first-order valence-corrected chi connectivity index (χ1v) is 11.0. The number of ether oxygens (including phenoxy) is 1. The molecule has 2 amide bonds. The highest BCUT2D eigenvalue weighted by molar-refractivity contribution is 5.91. The molecule has 1 saturated carbocycles. The van der Waals surface area contributed by atoms with E-state index in [1.807, 2.05) is 23.1 Å². The van der Waals surface area contributed by atoms with Gasteiger partial charge >= 0.3 is 0 Å². The second-order valence-corrected chi connectivity index (χ2v) is 8.95. The monoisotopic (exact) mass is 408 g/mol. The fourth-order valence-corrected chi connectivity index (χ4v) is 4.78. The van der Waals surface area contributed by atoms with E-state index in [0.717, 1.165) is 37.1 Å². The first kappa shape index (κ1) is 19.2. The second-order valence-electron chi connectivity index (χ2n) is 8.95. The smallest absolute Gasteiger partial charge is 0.289 e. The van der Waals surface area contributed by atoms with Crippen molar-refractivity contribution in [2.45, 2.75) is 50.0 Å². The predicted molar refractivity (Wildman–Crippen MR) is 111 cm³/mol. The van der Waals surface area contributed by atoms with E-state index in [1.54, 1.807) is 12.1 Å². The molecule has 1 N–H and O–H groups in total. The Kier molecular flexibility index (Phi) is 5.01. The van der Waals surface area contributed by atoms with Crippen molar-refractivity contribution in [1.82, 2.24) is 10.2 Å². The van der Waals surface area contributed by atoms with Crippen molar-refractivity contribution in [2.75, 3.05) is 19.6 Å². The number of benzene rings is 1. The number of nitrogens with zero attached hydrogens (tertiary/aromatic N) is 1. The van der Waals surface area contributed by atoms with Crippen LogP contribution >= 0.6 is 0 Å². The topological polar surface area (TPSA) is 71.8 Å². The van der Waals surface area contributed by atoms with Crippen LogP contribution in [0.1, 0.15) is 60.6 Å². The molecule has 30 heavy (non-hydrogen) atoms. The summed E-state index contributed by atoms with van der Waals surface area (Å²) in [6, 6.07) is 11.5. The van der Waals surface area contributed by atoms with Crippen LogP contribution in [0, 0.1) is 5.92 Å². The van der Waals surface area contributed by atoms with Crippen molar-refractivity contribution in [2.24, 2.45) is 5.92 Å². The zero-order valence-electron chi connectivity index (χ0n) is 17.1. The molecular weight excluding hydrogens is 380 g/mol. The van der Waals surface area contributed by atoms with E-state index in [2.05, 4.69) is 11.4 Å². The number of piperidine rings is 1. The SMILES string of the molecule is O=C(C[C@H]1CC2(CCN(C(=O)c3ccco3)CC2)Oc2ccccc21)NCC1CC1. The Morgan fingerprint density at radius 1 is 1.10 bits per heavy atom. The summed E-state index contributed by atoms with van der Waals surface area (Å²) in [7, 11) is 0. The third-order valence-electron chi connectivity index (χ3n) is 6.71. The maximum absolute atomic E-state index is 12.6. The van der Waals surface area contributed by atoms with Gasteiger partial charge in [0, 0.05) is 44.8 Å². The number of furan rings is 1. The largest absolute Gasteiger partial charge is 0.487 e. The van der Waals surface area contributed by atoms with Crippen LogP contribution in [0.5, 0.6) is 5.75 Å². The normalized spacial score (nSPS) is 22.3. The molecule has 1 saturated heterocycles. The van der Waals surface area contributed by atoms with E-state index in [-0.39, 0.29) is 23.3 Å². The Hall–Kier alpha value is -2.76. The Labute approximate surface area is 176 Å². The molecule has 1 aromatic carbocycles. The van der Waals surface area contributed by atoms with Crippen molar-refractivity contribution >= 4 is 11.8 Å². The van der Waals surface area contributed by atoms with E-state index in [4.69, 9.17) is 9.15 Å². The van der Waals surface area contributed by atoms with E-state index in [0.29, 0.717) is 31.2 Å². The highest BCUT2D eigenvalue weighted by atomic mass is 16.5. The summed E-state index contributed by atoms with van der Waals surface area (Å²) in [5.41, 5.74) is 0.800. The van der Waals surface area contributed by atoms with Crippen molar-refractivity contribution in [3.05, 3.63) is 54.0 Å². The molecule has 6 nitrogen and oxygen atoms in total. The van der Waals surface area contributed by atoms with Gasteiger partial charge in [-0.05, 0) is 48.9 Å². The predicted octanol–water partition coefficient (Wildman–Crippen LogP) is 3.74. The maximum Gasteiger partial charge on any atom is 0.289 e. The number of hydrogen-bond donors (Lipinski definition) is 1. The summed E-state index contributed by atoms with van der Waals surface area (Å²) in [5.74, 6) is 2.15. The lowest BCUT2D eigenvalue weighted by Crippen LogP contribution is -2.52. The van der Waals surface area contributed by atoms with Gasteiger partial charge in [0.2, 0.25) is 5.91 Å². The number of fused-ring (bicyclic) bond motifs is 1. The third-order valence-corrected chi connectivity index (χ3v) is 6.71. The number of carbonyl (C=O) groups excluding carboxylic acids is 2. The molecule has 2 aromatic rings. The third kappa shape index (κ3) is 3.95. The number of rotatable bonds is 5. The Morgan fingerprint density at radius 3 is 2.63 bits per heavy atom. The molecule has 2 fully saturated rings. The van der Waals surface area contributed by atoms with Gasteiger partial charge < -0.3 is 19.4 Å². The lowest BCUT2D eigenvalue weighted by molar-refractivity contribution is -0.122. The standard InChI is InChI=1S/C24H28N2O4/c27-22(25-16-17-7-8-17)14-18-15-24(30-20-5-2-1-4-19(18)20)9-11-26(12-10-24)23(28)21-6-3-13-29-21/h1-6,13,17-18H,7-12,14-16H2,(H,25,27)/t18-/m0/s1. The summed E-state index contributed by atoms with van der Waals surface area (Å²) in [5, 5.41) is 3.11. The lowest BCUT2D eigenvalue weighted by Gasteiger charge is -2.46. The van der Waals surface area contributed by atoms with Crippen molar-refractivity contribution in [3.8, 4) is 5.75 Å². The molecule has 3 heterocycles. The molecule has 0 radical (unpaired) electrons. The molecular formula is C24H28N2O4. The quantitative estimate of drug-likeness (QED) is 0.818. The van der Waals surface area contributed by atoms with Gasteiger partial charge in [-0.1, -0.05) is 18.2 Å². The van der Waals surface area contributed by atoms with Crippen LogP contribution in [0.25, 0.3) is 0 Å². The van der Waals surface area contributed by atoms with Crippen molar-refractivity contribution in [1.29, 1.82) is 0 Å². The van der Waals surface area contributed by atoms with Gasteiger partial charge in [-0.2, -0.15) is 0 Å². The summed E-state index contributed by atoms with van der Waals surface area (Å²) in [4.78, 5) is 27.0. The lowest BCUT2D eigenvalue weighted by atomic mass is 9.76. The highest BCUT2D eigenvalue weighted by Crippen LogP contribution is 2.46. The molecule has 1 aromatic heterocycles. The number of para-hydroxylation sites is 1. The van der Waals surface area contributed by atoms with Gasteiger partial charge in [0.05, 0.1) is 6.26 Å². The molecule has 158 valence electrons. The Balaban J connectivity index is 1.28. The Morgan fingerprint density at radius 2 is 1.90 bits per heavy atom.